The van der Waals surface area contributed by atoms with Crippen LogP contribution in [0.3, 0.4) is 0 Å². The summed E-state index contributed by atoms with van der Waals surface area (Å²) in [6.45, 7) is 17.7. The van der Waals surface area contributed by atoms with Crippen molar-refractivity contribution < 1.29 is 14.3 Å². The molecule has 0 unspecified atom stereocenters. The summed E-state index contributed by atoms with van der Waals surface area (Å²) < 4.78 is 13.7. The molecule has 10 nitrogen and oxygen atoms in total. The van der Waals surface area contributed by atoms with E-state index in [0.717, 1.165) is 77.5 Å². The minimum absolute atomic E-state index is 0.0276. The second kappa shape index (κ2) is 11.7. The molecule has 0 radical (unpaired) electrons. The van der Waals surface area contributed by atoms with Crippen LogP contribution < -0.4 is 4.90 Å². The van der Waals surface area contributed by atoms with Gasteiger partial charge in [0.1, 0.15) is 19.0 Å². The number of fused-ring (bicyclic) bond motifs is 1. The van der Waals surface area contributed by atoms with Crippen molar-refractivity contribution in [1.29, 1.82) is 0 Å². The molecule has 1 aromatic carbocycles. The van der Waals surface area contributed by atoms with Crippen molar-refractivity contribution in [2.24, 2.45) is 0 Å². The SMILES string of the molecule is C=CC(=O)N1CCC(n2nc(N3CCN(/C(C)=C4\COCCO4)CC3(C)C)c(-c3c(Cl)c(Cl)cc4[nH]ncc34)c2C)CC1. The van der Waals surface area contributed by atoms with Crippen LogP contribution in [-0.2, 0) is 14.3 Å². The molecule has 2 aromatic heterocycles. The Balaban J connectivity index is 1.42. The van der Waals surface area contributed by atoms with Gasteiger partial charge in [0.2, 0.25) is 5.91 Å². The number of rotatable bonds is 5. The summed E-state index contributed by atoms with van der Waals surface area (Å²) in [6.07, 6.45) is 4.80. The molecule has 3 fully saturated rings. The fourth-order valence-corrected chi connectivity index (χ4v) is 7.18. The van der Waals surface area contributed by atoms with E-state index in [1.54, 1.807) is 6.20 Å². The van der Waals surface area contributed by atoms with Gasteiger partial charge in [-0.2, -0.15) is 10.2 Å². The van der Waals surface area contributed by atoms with Crippen molar-refractivity contribution >= 4 is 45.8 Å². The molecule has 3 aliphatic heterocycles. The summed E-state index contributed by atoms with van der Waals surface area (Å²) in [6, 6.07) is 1.95. The van der Waals surface area contributed by atoms with Gasteiger partial charge in [0.15, 0.2) is 5.82 Å². The van der Waals surface area contributed by atoms with Crippen LogP contribution in [0.25, 0.3) is 22.0 Å². The van der Waals surface area contributed by atoms with E-state index < -0.39 is 0 Å². The fourth-order valence-electron chi connectivity index (χ4n) is 6.73. The van der Waals surface area contributed by atoms with Crippen LogP contribution in [0.5, 0.6) is 0 Å². The van der Waals surface area contributed by atoms with Crippen LogP contribution in [0, 0.1) is 6.92 Å². The van der Waals surface area contributed by atoms with Crippen LogP contribution in [0.4, 0.5) is 5.82 Å². The van der Waals surface area contributed by atoms with Crippen molar-refractivity contribution in [3.63, 3.8) is 0 Å². The lowest BCUT2D eigenvalue weighted by Gasteiger charge is -2.49. The highest BCUT2D eigenvalue weighted by Crippen LogP contribution is 2.47. The number of aromatic amines is 1. The number of carbonyl (C=O) groups is 1. The van der Waals surface area contributed by atoms with E-state index in [0.29, 0.717) is 43.0 Å². The molecule has 5 heterocycles. The van der Waals surface area contributed by atoms with Gasteiger partial charge in [0.05, 0.1) is 45.6 Å². The molecule has 12 heteroatoms. The van der Waals surface area contributed by atoms with Crippen LogP contribution in [0.2, 0.25) is 10.0 Å². The quantitative estimate of drug-likeness (QED) is 0.370. The van der Waals surface area contributed by atoms with Gasteiger partial charge in [-0.05, 0) is 52.7 Å². The Hall–Kier alpha value is -3.21. The molecule has 3 aliphatic rings. The highest BCUT2D eigenvalue weighted by Gasteiger charge is 2.39. The smallest absolute Gasteiger partial charge is 0.245 e. The first-order valence-electron chi connectivity index (χ1n) is 14.9. The monoisotopic (exact) mass is 627 g/mol. The Morgan fingerprint density at radius 1 is 1.14 bits per heavy atom. The Morgan fingerprint density at radius 2 is 1.91 bits per heavy atom. The zero-order chi connectivity index (χ0) is 30.5. The van der Waals surface area contributed by atoms with Gasteiger partial charge in [-0.25, -0.2) is 0 Å². The summed E-state index contributed by atoms with van der Waals surface area (Å²) in [5, 5.41) is 14.6. The number of hydrogen-bond acceptors (Lipinski definition) is 7. The number of piperidine rings is 1. The van der Waals surface area contributed by atoms with Crippen LogP contribution in [0.1, 0.15) is 45.3 Å². The zero-order valence-electron chi connectivity index (χ0n) is 25.3. The molecule has 0 saturated carbocycles. The molecule has 0 bridgehead atoms. The molecule has 0 atom stereocenters. The van der Waals surface area contributed by atoms with Gasteiger partial charge in [0, 0.05) is 54.9 Å². The van der Waals surface area contributed by atoms with E-state index in [-0.39, 0.29) is 17.5 Å². The number of allylic oxidation sites excluding steroid dienone is 1. The summed E-state index contributed by atoms with van der Waals surface area (Å²) in [4.78, 5) is 18.9. The average molecular weight is 629 g/mol. The first-order chi connectivity index (χ1) is 20.6. The summed E-state index contributed by atoms with van der Waals surface area (Å²) in [7, 11) is 0. The number of carbonyl (C=O) groups excluding carboxylic acids is 1. The minimum atomic E-state index is -0.281. The van der Waals surface area contributed by atoms with Crippen LogP contribution in [-0.4, -0.2) is 93.8 Å². The topological polar surface area (TPSA) is 91.8 Å². The van der Waals surface area contributed by atoms with Crippen LogP contribution in [0.15, 0.2) is 36.4 Å². The molecule has 3 saturated heterocycles. The summed E-state index contributed by atoms with van der Waals surface area (Å²) >= 11 is 13.7. The van der Waals surface area contributed by atoms with Gasteiger partial charge >= 0.3 is 0 Å². The lowest BCUT2D eigenvalue weighted by atomic mass is 9.95. The molecule has 0 aliphatic carbocycles. The average Bonchev–Trinajstić information content (AvgIpc) is 3.61. The maximum Gasteiger partial charge on any atom is 0.245 e. The molecule has 3 aromatic rings. The van der Waals surface area contributed by atoms with Gasteiger partial charge < -0.3 is 24.2 Å². The predicted molar refractivity (Wildman–Crippen MR) is 170 cm³/mol. The van der Waals surface area contributed by atoms with Gasteiger partial charge in [0.25, 0.3) is 0 Å². The number of nitrogens with one attached hydrogen (secondary N) is 1. The number of benzene rings is 1. The fraction of sp³-hybridized carbons (Fsp3) is 0.516. The maximum absolute atomic E-state index is 12.3. The standard InChI is InChI=1S/C31H39Cl2N7O3/c1-6-26(41)37-9-7-21(8-10-37)40-20(3)27(28-22-16-34-35-24(22)15-23(32)29(28)33)30(36-40)39-12-11-38(18-31(39,4)5)19(2)25-17-42-13-14-43-25/h6,15-16,21H,1,7-14,17-18H2,2-5H3,(H,34,35)/b25-19+. The van der Waals surface area contributed by atoms with Crippen molar-refractivity contribution in [2.45, 2.75) is 52.1 Å². The molecule has 6 rings (SSSR count). The predicted octanol–water partition coefficient (Wildman–Crippen LogP) is 5.57. The van der Waals surface area contributed by atoms with Crippen LogP contribution >= 0.6 is 23.2 Å². The molecule has 0 spiro atoms. The van der Waals surface area contributed by atoms with E-state index in [1.807, 2.05) is 11.0 Å². The Morgan fingerprint density at radius 3 is 2.58 bits per heavy atom. The molecular weight excluding hydrogens is 589 g/mol. The number of amides is 1. The van der Waals surface area contributed by atoms with Gasteiger partial charge in [-0.3, -0.25) is 14.6 Å². The zero-order valence-corrected chi connectivity index (χ0v) is 26.8. The van der Waals surface area contributed by atoms with Crippen molar-refractivity contribution in [3.05, 3.63) is 52.1 Å². The van der Waals surface area contributed by atoms with E-state index in [1.165, 1.54) is 6.08 Å². The van der Waals surface area contributed by atoms with Crippen molar-refractivity contribution in [2.75, 3.05) is 57.4 Å². The number of nitrogens with zero attached hydrogens (tertiary/aromatic N) is 6. The first kappa shape index (κ1) is 29.8. The van der Waals surface area contributed by atoms with E-state index >= 15 is 0 Å². The highest BCUT2D eigenvalue weighted by atomic mass is 35.5. The molecule has 230 valence electrons. The largest absolute Gasteiger partial charge is 0.491 e. The number of halogens is 2. The number of anilines is 1. The van der Waals surface area contributed by atoms with Gasteiger partial charge in [-0.15, -0.1) is 0 Å². The van der Waals surface area contributed by atoms with E-state index in [2.05, 4.69) is 59.0 Å². The number of ether oxygens (including phenoxy) is 2. The Bertz CT molecular complexity index is 1580. The van der Waals surface area contributed by atoms with Gasteiger partial charge in [-0.1, -0.05) is 29.8 Å². The molecular formula is C31H39Cl2N7O3. The third kappa shape index (κ3) is 5.38. The number of H-pyrrole nitrogens is 1. The van der Waals surface area contributed by atoms with Crippen molar-refractivity contribution in [1.82, 2.24) is 29.8 Å². The Labute approximate surface area is 262 Å². The molecule has 1 N–H and O–H groups in total. The second-order valence-electron chi connectivity index (χ2n) is 12.2. The number of likely N-dealkylation sites (tertiary alicyclic amines) is 1. The lowest BCUT2D eigenvalue weighted by molar-refractivity contribution is -0.127. The molecule has 43 heavy (non-hydrogen) atoms. The highest BCUT2D eigenvalue weighted by molar-refractivity contribution is 6.45. The maximum atomic E-state index is 12.3. The summed E-state index contributed by atoms with van der Waals surface area (Å²) in [5.41, 5.74) is 4.47. The second-order valence-corrected chi connectivity index (χ2v) is 12.9. The lowest BCUT2D eigenvalue weighted by Crippen LogP contribution is -2.59. The van der Waals surface area contributed by atoms with Crippen molar-refractivity contribution in [3.8, 4) is 11.1 Å². The first-order valence-corrected chi connectivity index (χ1v) is 15.6. The normalized spacial score (nSPS) is 20.8. The third-order valence-electron chi connectivity index (χ3n) is 9.09. The third-order valence-corrected chi connectivity index (χ3v) is 9.88. The minimum Gasteiger partial charge on any atom is -0.491 e. The number of piperazine rings is 1. The Kier molecular flexibility index (Phi) is 8.12. The number of aromatic nitrogens is 4. The van der Waals surface area contributed by atoms with E-state index in [4.69, 9.17) is 37.8 Å². The van der Waals surface area contributed by atoms with E-state index in [9.17, 15) is 4.79 Å². The summed E-state index contributed by atoms with van der Waals surface area (Å²) in [5.74, 6) is 1.76. The molecule has 1 amide bonds. The number of hydrogen-bond donors (Lipinski definition) is 1.